The molecule has 2 fully saturated rings. The minimum Gasteiger partial charge on any atom is -0.459 e. The monoisotopic (exact) mass is 703 g/mol. The summed E-state index contributed by atoms with van der Waals surface area (Å²) < 4.78 is 36.6. The molecule has 0 spiro atoms. The second-order valence-corrected chi connectivity index (χ2v) is 15.1. The molecule has 0 unspecified atom stereocenters. The Balaban J connectivity index is 2.18. The molecule has 0 bridgehead atoms. The third kappa shape index (κ3) is 9.02. The standard InChI is InChI=1S/C35H61NO13/c1-12-24-35(10,42)28(38)19(4)26(36-43)17(2)15-33(8,41)30(49-32-23(37)14-13-18(3)45-32)20(5)27(21(6)31(40)47-24)48-25-16-34(9,44-11)29(39)22(7)46-25/h13-14,17-25,27-30,32,37-39,41-43H,12,15-16H2,1-11H3/b36-26+/t17-,18-,19+,20+,21-,22+,23-,24-,25+,27+,28-,29+,30-,32+,33-,34-,35-/m1/s1. The highest BCUT2D eigenvalue weighted by Gasteiger charge is 2.52. The third-order valence-corrected chi connectivity index (χ3v) is 10.9. The van der Waals surface area contributed by atoms with Crippen LogP contribution in [0.1, 0.15) is 88.5 Å². The van der Waals surface area contributed by atoms with Crippen LogP contribution in [-0.4, -0.2) is 128 Å². The molecule has 2 saturated heterocycles. The van der Waals surface area contributed by atoms with E-state index in [-0.39, 0.29) is 25.0 Å². The van der Waals surface area contributed by atoms with Gasteiger partial charge in [0, 0.05) is 31.3 Å². The summed E-state index contributed by atoms with van der Waals surface area (Å²) >= 11 is 0. The third-order valence-electron chi connectivity index (χ3n) is 10.9. The highest BCUT2D eigenvalue weighted by atomic mass is 16.7. The molecule has 17 atom stereocenters. The number of cyclic esters (lactones) is 1. The Labute approximate surface area is 290 Å². The normalized spacial score (nSPS) is 50.1. The summed E-state index contributed by atoms with van der Waals surface area (Å²) in [4.78, 5) is 14.0. The number of aliphatic hydroxyl groups excluding tert-OH is 3. The van der Waals surface area contributed by atoms with Crippen LogP contribution in [0, 0.1) is 23.7 Å². The molecule has 0 amide bonds. The molecule has 0 radical (unpaired) electrons. The van der Waals surface area contributed by atoms with Crippen molar-refractivity contribution in [3.63, 3.8) is 0 Å². The van der Waals surface area contributed by atoms with Gasteiger partial charge in [-0.25, -0.2) is 0 Å². The molecule has 0 aromatic rings. The first kappa shape index (κ1) is 41.7. The largest absolute Gasteiger partial charge is 0.459 e. The topological polar surface area (TPSA) is 206 Å². The van der Waals surface area contributed by atoms with E-state index in [1.807, 2.05) is 0 Å². The van der Waals surface area contributed by atoms with Gasteiger partial charge in [0.05, 0.1) is 53.4 Å². The minimum absolute atomic E-state index is 0.0670. The second-order valence-electron chi connectivity index (χ2n) is 15.1. The van der Waals surface area contributed by atoms with Gasteiger partial charge in [0.1, 0.15) is 23.9 Å². The van der Waals surface area contributed by atoms with Crippen LogP contribution in [0.15, 0.2) is 17.3 Å². The summed E-state index contributed by atoms with van der Waals surface area (Å²) in [5.74, 6) is -4.22. The molecule has 3 rings (SSSR count). The summed E-state index contributed by atoms with van der Waals surface area (Å²) in [7, 11) is 1.48. The maximum atomic E-state index is 14.0. The fraction of sp³-hybridized carbons (Fsp3) is 0.886. The number of hydrogen-bond acceptors (Lipinski definition) is 14. The van der Waals surface area contributed by atoms with E-state index in [1.54, 1.807) is 67.5 Å². The summed E-state index contributed by atoms with van der Waals surface area (Å²) in [6.07, 6.45) is -6.97. The molecule has 3 aliphatic rings. The van der Waals surface area contributed by atoms with Crippen molar-refractivity contribution in [2.75, 3.05) is 7.11 Å². The van der Waals surface area contributed by atoms with Gasteiger partial charge in [0.2, 0.25) is 0 Å². The van der Waals surface area contributed by atoms with Crippen LogP contribution in [-0.2, 0) is 33.2 Å². The van der Waals surface area contributed by atoms with Gasteiger partial charge in [0.25, 0.3) is 0 Å². The molecule has 49 heavy (non-hydrogen) atoms. The zero-order valence-corrected chi connectivity index (χ0v) is 30.8. The number of hydrogen-bond donors (Lipinski definition) is 6. The van der Waals surface area contributed by atoms with Crippen molar-refractivity contribution in [3.05, 3.63) is 12.2 Å². The zero-order chi connectivity index (χ0) is 37.2. The van der Waals surface area contributed by atoms with Crippen LogP contribution < -0.4 is 0 Å². The van der Waals surface area contributed by atoms with Crippen molar-refractivity contribution in [2.24, 2.45) is 28.8 Å². The van der Waals surface area contributed by atoms with Crippen molar-refractivity contribution < 1.29 is 64.0 Å². The van der Waals surface area contributed by atoms with Crippen LogP contribution in [0.25, 0.3) is 0 Å². The van der Waals surface area contributed by atoms with Gasteiger partial charge < -0.3 is 59.2 Å². The number of carbonyl (C=O) groups is 1. The highest BCUT2D eigenvalue weighted by molar-refractivity contribution is 5.88. The fourth-order valence-corrected chi connectivity index (χ4v) is 7.77. The molecular weight excluding hydrogens is 642 g/mol. The second kappa shape index (κ2) is 16.3. The van der Waals surface area contributed by atoms with Gasteiger partial charge in [-0.15, -0.1) is 0 Å². The Hall–Kier alpha value is -1.72. The molecule has 0 aromatic heterocycles. The molecule has 0 saturated carbocycles. The number of oxime groups is 1. The molecule has 6 N–H and O–H groups in total. The van der Waals surface area contributed by atoms with Gasteiger partial charge in [0.15, 0.2) is 12.6 Å². The molecular formula is C35H61NO13. The number of aliphatic hydroxyl groups is 5. The molecule has 0 aromatic carbocycles. The zero-order valence-electron chi connectivity index (χ0n) is 30.8. The lowest BCUT2D eigenvalue weighted by atomic mass is 9.73. The molecule has 284 valence electrons. The van der Waals surface area contributed by atoms with Gasteiger partial charge in [-0.05, 0) is 54.4 Å². The van der Waals surface area contributed by atoms with Gasteiger partial charge in [-0.3, -0.25) is 4.79 Å². The fourth-order valence-electron chi connectivity index (χ4n) is 7.77. The lowest BCUT2D eigenvalue weighted by Gasteiger charge is -2.48. The first-order valence-corrected chi connectivity index (χ1v) is 17.4. The summed E-state index contributed by atoms with van der Waals surface area (Å²) in [5.41, 5.74) is -4.66. The Morgan fingerprint density at radius 2 is 1.55 bits per heavy atom. The first-order valence-electron chi connectivity index (χ1n) is 17.4. The van der Waals surface area contributed by atoms with Crippen molar-refractivity contribution >= 4 is 11.7 Å². The van der Waals surface area contributed by atoms with E-state index in [2.05, 4.69) is 5.16 Å². The average Bonchev–Trinajstić information content (AvgIpc) is 3.03. The molecule has 0 aliphatic carbocycles. The van der Waals surface area contributed by atoms with Gasteiger partial charge in [-0.2, -0.15) is 0 Å². The van der Waals surface area contributed by atoms with Crippen molar-refractivity contribution in [3.8, 4) is 0 Å². The van der Waals surface area contributed by atoms with E-state index in [4.69, 9.17) is 28.4 Å². The Bertz CT molecular complexity index is 1160. The van der Waals surface area contributed by atoms with E-state index < -0.39 is 108 Å². The van der Waals surface area contributed by atoms with Crippen molar-refractivity contribution in [1.82, 2.24) is 0 Å². The summed E-state index contributed by atoms with van der Waals surface area (Å²) in [6, 6.07) is 0. The minimum atomic E-state index is -1.96. The number of carbonyl (C=O) groups excluding carboxylic acids is 1. The van der Waals surface area contributed by atoms with Crippen LogP contribution in [0.5, 0.6) is 0 Å². The van der Waals surface area contributed by atoms with Crippen molar-refractivity contribution in [2.45, 2.75) is 167 Å². The van der Waals surface area contributed by atoms with E-state index in [0.717, 1.165) is 0 Å². The number of nitrogens with zero attached hydrogens (tertiary/aromatic N) is 1. The Morgan fingerprint density at radius 1 is 0.918 bits per heavy atom. The quantitative estimate of drug-likeness (QED) is 0.102. The number of esters is 1. The molecule has 14 nitrogen and oxygen atoms in total. The molecule has 14 heteroatoms. The maximum absolute atomic E-state index is 14.0. The first-order chi connectivity index (χ1) is 22.6. The number of ether oxygens (including phenoxy) is 6. The van der Waals surface area contributed by atoms with Gasteiger partial charge in [-0.1, -0.05) is 45.0 Å². The van der Waals surface area contributed by atoms with Gasteiger partial charge >= 0.3 is 5.97 Å². The molecule has 3 aliphatic heterocycles. The SMILES string of the molecule is CC[C@H]1OC(=O)[C@H](C)[C@@H](O[C@H]2C[C@@](C)(OC)[C@@H](O)[C@H](C)O2)[C@H](C)[C@@H](O[C@@H]2O[C@H](C)C=C[C@H]2O)[C@](C)(O)C[C@@H](C)/C(=N\O)[C@H](C)[C@@H](O)[C@]1(C)O. The van der Waals surface area contributed by atoms with Crippen LogP contribution in [0.2, 0.25) is 0 Å². The lowest BCUT2D eigenvalue weighted by Crippen LogP contribution is -2.60. The predicted octanol–water partition coefficient (Wildman–Crippen LogP) is 2.28. The average molecular weight is 704 g/mol. The van der Waals surface area contributed by atoms with Crippen LogP contribution in [0.3, 0.4) is 0 Å². The Morgan fingerprint density at radius 3 is 2.12 bits per heavy atom. The van der Waals surface area contributed by atoms with Crippen molar-refractivity contribution in [1.29, 1.82) is 0 Å². The lowest BCUT2D eigenvalue weighted by molar-refractivity contribution is -0.309. The van der Waals surface area contributed by atoms with E-state index >= 15 is 0 Å². The summed E-state index contributed by atoms with van der Waals surface area (Å²) in [5, 5.41) is 70.6. The predicted molar refractivity (Wildman–Crippen MR) is 178 cm³/mol. The van der Waals surface area contributed by atoms with Crippen LogP contribution in [0.4, 0.5) is 0 Å². The summed E-state index contributed by atoms with van der Waals surface area (Å²) in [6.45, 7) is 16.4. The van der Waals surface area contributed by atoms with Crippen LogP contribution >= 0.6 is 0 Å². The molecule has 3 heterocycles. The number of rotatable bonds is 6. The Kier molecular flexibility index (Phi) is 13.9. The maximum Gasteiger partial charge on any atom is 0.311 e. The van der Waals surface area contributed by atoms with E-state index in [9.17, 15) is 35.5 Å². The smallest absolute Gasteiger partial charge is 0.311 e. The van der Waals surface area contributed by atoms with E-state index in [0.29, 0.717) is 0 Å². The highest BCUT2D eigenvalue weighted by Crippen LogP contribution is 2.40. The number of methoxy groups -OCH3 is 1. The van der Waals surface area contributed by atoms with E-state index in [1.165, 1.54) is 21.0 Å².